The van der Waals surface area contributed by atoms with Gasteiger partial charge in [-0.3, -0.25) is 4.79 Å². The number of ether oxygens (including phenoxy) is 1. The summed E-state index contributed by atoms with van der Waals surface area (Å²) >= 11 is 1.76. The molecule has 3 nitrogen and oxygen atoms in total. The fourth-order valence-corrected chi connectivity index (χ4v) is 2.13. The summed E-state index contributed by atoms with van der Waals surface area (Å²) in [5.41, 5.74) is 7.67. The summed E-state index contributed by atoms with van der Waals surface area (Å²) in [4.78, 5) is 10.8. The number of nitrogen functional groups attached to an aromatic ring is 1. The Morgan fingerprint density at radius 2 is 2.00 bits per heavy atom. The van der Waals surface area contributed by atoms with Crippen molar-refractivity contribution in [1.82, 2.24) is 0 Å². The Bertz CT molecular complexity index is 324. The molecule has 1 rings (SSSR count). The van der Waals surface area contributed by atoms with Gasteiger partial charge >= 0.3 is 5.97 Å². The van der Waals surface area contributed by atoms with Gasteiger partial charge in [-0.25, -0.2) is 0 Å². The van der Waals surface area contributed by atoms with E-state index in [1.807, 2.05) is 24.3 Å². The minimum absolute atomic E-state index is 0.139. The molecule has 88 valence electrons. The minimum atomic E-state index is -0.139. The Morgan fingerprint density at radius 1 is 1.31 bits per heavy atom. The van der Waals surface area contributed by atoms with Crippen molar-refractivity contribution in [2.75, 3.05) is 24.3 Å². The summed E-state index contributed by atoms with van der Waals surface area (Å²) in [6, 6.07) is 7.90. The average molecular weight is 239 g/mol. The first kappa shape index (κ1) is 12.9. The molecule has 0 radical (unpaired) electrons. The molecule has 0 saturated heterocycles. The largest absolute Gasteiger partial charge is 0.469 e. The van der Waals surface area contributed by atoms with E-state index in [2.05, 4.69) is 4.74 Å². The standard InChI is InChI=1S/C12H17NO2S/c1-15-12(14)7-9-16-8-6-10-2-4-11(13)5-3-10/h2-5H,6-9,13H2,1H3. The molecular weight excluding hydrogens is 222 g/mol. The predicted octanol–water partition coefficient (Wildman–Crippen LogP) is 2.11. The first-order valence-corrected chi connectivity index (χ1v) is 6.37. The Balaban J connectivity index is 2.11. The third-order valence-electron chi connectivity index (χ3n) is 2.19. The number of benzene rings is 1. The summed E-state index contributed by atoms with van der Waals surface area (Å²) in [5, 5.41) is 0. The van der Waals surface area contributed by atoms with Crippen molar-refractivity contribution in [3.8, 4) is 0 Å². The van der Waals surface area contributed by atoms with Gasteiger partial charge in [0.05, 0.1) is 13.5 Å². The number of rotatable bonds is 6. The van der Waals surface area contributed by atoms with Crippen molar-refractivity contribution in [2.45, 2.75) is 12.8 Å². The molecule has 0 spiro atoms. The van der Waals surface area contributed by atoms with Crippen LogP contribution in [0.3, 0.4) is 0 Å². The second kappa shape index (κ2) is 7.17. The highest BCUT2D eigenvalue weighted by Crippen LogP contribution is 2.10. The molecule has 0 aromatic heterocycles. The number of nitrogens with two attached hydrogens (primary N) is 1. The molecule has 0 fully saturated rings. The molecule has 0 aliphatic carbocycles. The highest BCUT2D eigenvalue weighted by Gasteiger charge is 1.99. The van der Waals surface area contributed by atoms with Crippen LogP contribution in [0.25, 0.3) is 0 Å². The summed E-state index contributed by atoms with van der Waals surface area (Å²) < 4.78 is 4.56. The number of thioether (sulfide) groups is 1. The van der Waals surface area contributed by atoms with E-state index in [0.29, 0.717) is 6.42 Å². The lowest BCUT2D eigenvalue weighted by molar-refractivity contribution is -0.140. The topological polar surface area (TPSA) is 52.3 Å². The summed E-state index contributed by atoms with van der Waals surface area (Å²) in [5.74, 6) is 1.70. The normalized spacial score (nSPS) is 10.1. The van der Waals surface area contributed by atoms with Crippen LogP contribution in [0.5, 0.6) is 0 Å². The molecule has 0 saturated carbocycles. The number of aryl methyl sites for hydroxylation is 1. The van der Waals surface area contributed by atoms with Crippen LogP contribution in [0.1, 0.15) is 12.0 Å². The number of esters is 1. The zero-order chi connectivity index (χ0) is 11.8. The van der Waals surface area contributed by atoms with Crippen molar-refractivity contribution in [1.29, 1.82) is 0 Å². The van der Waals surface area contributed by atoms with E-state index in [4.69, 9.17) is 5.73 Å². The number of anilines is 1. The van der Waals surface area contributed by atoms with Crippen molar-refractivity contribution in [3.63, 3.8) is 0 Å². The number of methoxy groups -OCH3 is 1. The minimum Gasteiger partial charge on any atom is -0.469 e. The van der Waals surface area contributed by atoms with Crippen LogP contribution in [0.15, 0.2) is 24.3 Å². The van der Waals surface area contributed by atoms with Gasteiger partial charge in [0.15, 0.2) is 0 Å². The Labute approximate surface area is 100 Å². The van der Waals surface area contributed by atoms with Gasteiger partial charge in [-0.2, -0.15) is 11.8 Å². The van der Waals surface area contributed by atoms with E-state index < -0.39 is 0 Å². The predicted molar refractivity (Wildman–Crippen MR) is 68.5 cm³/mol. The van der Waals surface area contributed by atoms with Gasteiger partial charge in [-0.1, -0.05) is 12.1 Å². The van der Waals surface area contributed by atoms with Crippen molar-refractivity contribution in [3.05, 3.63) is 29.8 Å². The lowest BCUT2D eigenvalue weighted by atomic mass is 10.2. The van der Waals surface area contributed by atoms with Crippen LogP contribution in [-0.4, -0.2) is 24.6 Å². The maximum Gasteiger partial charge on any atom is 0.306 e. The van der Waals surface area contributed by atoms with Crippen LogP contribution < -0.4 is 5.73 Å². The maximum atomic E-state index is 10.8. The zero-order valence-corrected chi connectivity index (χ0v) is 10.3. The number of hydrogen-bond acceptors (Lipinski definition) is 4. The fraction of sp³-hybridized carbons (Fsp3) is 0.417. The Hall–Kier alpha value is -1.16. The lowest BCUT2D eigenvalue weighted by Gasteiger charge is -2.02. The summed E-state index contributed by atoms with van der Waals surface area (Å²) in [6.45, 7) is 0. The van der Waals surface area contributed by atoms with Crippen molar-refractivity contribution in [2.24, 2.45) is 0 Å². The maximum absolute atomic E-state index is 10.8. The SMILES string of the molecule is COC(=O)CCSCCc1ccc(N)cc1. The molecule has 1 aromatic carbocycles. The van der Waals surface area contributed by atoms with Gasteiger partial charge in [0.1, 0.15) is 0 Å². The number of carbonyl (C=O) groups excluding carboxylic acids is 1. The van der Waals surface area contributed by atoms with Gasteiger partial charge in [0.2, 0.25) is 0 Å². The summed E-state index contributed by atoms with van der Waals surface area (Å²) in [7, 11) is 1.42. The highest BCUT2D eigenvalue weighted by molar-refractivity contribution is 7.99. The molecule has 0 heterocycles. The van der Waals surface area contributed by atoms with Crippen molar-refractivity contribution >= 4 is 23.4 Å². The van der Waals surface area contributed by atoms with E-state index in [1.165, 1.54) is 12.7 Å². The monoisotopic (exact) mass is 239 g/mol. The van der Waals surface area contributed by atoms with Crippen LogP contribution in [0.4, 0.5) is 5.69 Å². The number of carbonyl (C=O) groups is 1. The fourth-order valence-electron chi connectivity index (χ4n) is 1.23. The average Bonchev–Trinajstić information content (AvgIpc) is 2.31. The lowest BCUT2D eigenvalue weighted by Crippen LogP contribution is -2.01. The van der Waals surface area contributed by atoms with E-state index >= 15 is 0 Å². The smallest absolute Gasteiger partial charge is 0.306 e. The molecule has 0 aliphatic rings. The third kappa shape index (κ3) is 5.07. The first-order chi connectivity index (χ1) is 7.72. The molecule has 16 heavy (non-hydrogen) atoms. The molecule has 0 atom stereocenters. The second-order valence-electron chi connectivity index (χ2n) is 3.43. The Kier molecular flexibility index (Phi) is 5.78. The van der Waals surface area contributed by atoms with E-state index in [-0.39, 0.29) is 5.97 Å². The van der Waals surface area contributed by atoms with E-state index in [0.717, 1.165) is 23.6 Å². The van der Waals surface area contributed by atoms with Crippen LogP contribution in [-0.2, 0) is 16.0 Å². The van der Waals surface area contributed by atoms with E-state index in [9.17, 15) is 4.79 Å². The van der Waals surface area contributed by atoms with Crippen LogP contribution >= 0.6 is 11.8 Å². The van der Waals surface area contributed by atoms with Gasteiger partial charge in [0, 0.05) is 11.4 Å². The van der Waals surface area contributed by atoms with E-state index in [1.54, 1.807) is 11.8 Å². The first-order valence-electron chi connectivity index (χ1n) is 5.21. The molecule has 4 heteroatoms. The molecule has 1 aromatic rings. The van der Waals surface area contributed by atoms with Gasteiger partial charge in [-0.05, 0) is 29.9 Å². The molecule has 0 amide bonds. The van der Waals surface area contributed by atoms with Crippen LogP contribution in [0, 0.1) is 0 Å². The van der Waals surface area contributed by atoms with Gasteiger partial charge < -0.3 is 10.5 Å². The Morgan fingerprint density at radius 3 is 2.62 bits per heavy atom. The number of hydrogen-bond donors (Lipinski definition) is 1. The highest BCUT2D eigenvalue weighted by atomic mass is 32.2. The molecule has 0 aliphatic heterocycles. The van der Waals surface area contributed by atoms with Gasteiger partial charge in [0.25, 0.3) is 0 Å². The molecule has 0 unspecified atom stereocenters. The molecular formula is C12H17NO2S. The molecule has 2 N–H and O–H groups in total. The van der Waals surface area contributed by atoms with Crippen LogP contribution in [0.2, 0.25) is 0 Å². The van der Waals surface area contributed by atoms with Crippen molar-refractivity contribution < 1.29 is 9.53 Å². The quantitative estimate of drug-likeness (QED) is 0.469. The zero-order valence-electron chi connectivity index (χ0n) is 9.44. The molecule has 0 bridgehead atoms. The second-order valence-corrected chi connectivity index (χ2v) is 4.65. The third-order valence-corrected chi connectivity index (χ3v) is 3.18. The summed E-state index contributed by atoms with van der Waals surface area (Å²) in [6.07, 6.45) is 1.50. The van der Waals surface area contributed by atoms with Gasteiger partial charge in [-0.15, -0.1) is 0 Å².